The first kappa shape index (κ1) is 15.9. The normalized spacial score (nSPS) is 12.9. The Morgan fingerprint density at radius 1 is 1.45 bits per heavy atom. The van der Waals surface area contributed by atoms with Crippen molar-refractivity contribution in [1.82, 2.24) is 25.1 Å². The average molecular weight is 303 g/mol. The Kier molecular flexibility index (Phi) is 4.44. The molecule has 0 aliphatic rings. The maximum Gasteiger partial charge on any atom is 0.343 e. The Morgan fingerprint density at radius 3 is 2.68 bits per heavy atom. The zero-order chi connectivity index (χ0) is 16.3. The number of amides is 1. The summed E-state index contributed by atoms with van der Waals surface area (Å²) in [7, 11) is 1.49. The maximum absolute atomic E-state index is 12.3. The molecule has 0 saturated heterocycles. The van der Waals surface area contributed by atoms with Gasteiger partial charge in [0.05, 0.1) is 6.04 Å². The van der Waals surface area contributed by atoms with Crippen molar-refractivity contribution in [3.63, 3.8) is 0 Å². The summed E-state index contributed by atoms with van der Waals surface area (Å²) in [6.07, 6.45) is 4.16. The minimum atomic E-state index is -0.418. The summed E-state index contributed by atoms with van der Waals surface area (Å²) in [6, 6.07) is 3.55. The van der Waals surface area contributed by atoms with Crippen molar-refractivity contribution in [2.45, 2.75) is 33.2 Å². The number of aryl methyl sites for hydroxylation is 1. The number of aromatic nitrogens is 4. The minimum absolute atomic E-state index is 0.00954. The number of hydrogen-bond donors (Lipinski definition) is 2. The highest BCUT2D eigenvalue weighted by Gasteiger charge is 2.24. The van der Waals surface area contributed by atoms with E-state index in [4.69, 9.17) is 0 Å². The molecule has 1 atom stereocenters. The van der Waals surface area contributed by atoms with Crippen LogP contribution in [0.1, 0.15) is 49.4 Å². The molecule has 0 bridgehead atoms. The summed E-state index contributed by atoms with van der Waals surface area (Å²) < 4.78 is 1.09. The number of rotatable bonds is 4. The fraction of sp³-hybridized carbons (Fsp3) is 0.467. The summed E-state index contributed by atoms with van der Waals surface area (Å²) in [6.45, 7) is 6.31. The first-order valence-corrected chi connectivity index (χ1v) is 7.10. The number of H-pyrrole nitrogens is 1. The summed E-state index contributed by atoms with van der Waals surface area (Å²) >= 11 is 0. The summed E-state index contributed by atoms with van der Waals surface area (Å²) in [5.41, 5.74) is 0.522. The molecule has 0 aromatic carbocycles. The van der Waals surface area contributed by atoms with Crippen LogP contribution in [-0.4, -0.2) is 25.7 Å². The molecule has 2 aromatic rings. The van der Waals surface area contributed by atoms with Gasteiger partial charge in [0, 0.05) is 19.4 Å². The molecular weight excluding hydrogens is 282 g/mol. The first-order valence-electron chi connectivity index (χ1n) is 7.10. The van der Waals surface area contributed by atoms with Crippen molar-refractivity contribution in [3.8, 4) is 0 Å². The topological polar surface area (TPSA) is 92.7 Å². The van der Waals surface area contributed by atoms with Gasteiger partial charge in [-0.05, 0) is 23.5 Å². The molecule has 118 valence electrons. The highest BCUT2D eigenvalue weighted by Crippen LogP contribution is 2.29. The molecule has 0 aliphatic carbocycles. The summed E-state index contributed by atoms with van der Waals surface area (Å²) in [5.74, 6) is -0.397. The Morgan fingerprint density at radius 2 is 2.18 bits per heavy atom. The largest absolute Gasteiger partial charge is 0.343 e. The fourth-order valence-corrected chi connectivity index (χ4v) is 2.18. The molecular formula is C15H21N5O2. The van der Waals surface area contributed by atoms with Crippen LogP contribution in [0.4, 0.5) is 0 Å². The molecule has 7 heteroatoms. The van der Waals surface area contributed by atoms with Crippen molar-refractivity contribution >= 4 is 5.91 Å². The van der Waals surface area contributed by atoms with E-state index < -0.39 is 11.6 Å². The van der Waals surface area contributed by atoms with E-state index in [0.29, 0.717) is 0 Å². The van der Waals surface area contributed by atoms with Crippen LogP contribution < -0.4 is 11.0 Å². The standard InChI is InChI=1S/C15H21N5O2/c1-15(2,3)8-11(10-6-5-7-16-9-10)17-13(21)12-18-14(22)20(4)19-12/h5-7,9,11H,8H2,1-4H3,(H,17,21)(H,18,19,22). The molecule has 2 heterocycles. The van der Waals surface area contributed by atoms with Gasteiger partial charge >= 0.3 is 5.69 Å². The molecule has 0 aliphatic heterocycles. The lowest BCUT2D eigenvalue weighted by molar-refractivity contribution is 0.0915. The lowest BCUT2D eigenvalue weighted by Gasteiger charge is -2.26. The van der Waals surface area contributed by atoms with Gasteiger partial charge in [0.1, 0.15) is 0 Å². The van der Waals surface area contributed by atoms with Crippen LogP contribution in [0.5, 0.6) is 0 Å². The van der Waals surface area contributed by atoms with Gasteiger partial charge in [0.25, 0.3) is 5.91 Å². The zero-order valence-corrected chi connectivity index (χ0v) is 13.3. The van der Waals surface area contributed by atoms with Crippen LogP contribution in [0.2, 0.25) is 0 Å². The van der Waals surface area contributed by atoms with E-state index in [9.17, 15) is 9.59 Å². The molecule has 2 aromatic heterocycles. The molecule has 0 spiro atoms. The Bertz CT molecular complexity index is 697. The number of nitrogens with one attached hydrogen (secondary N) is 2. The van der Waals surface area contributed by atoms with Gasteiger partial charge in [-0.25, -0.2) is 9.48 Å². The van der Waals surface area contributed by atoms with Crippen LogP contribution in [0.15, 0.2) is 29.3 Å². The molecule has 2 N–H and O–H groups in total. The van der Waals surface area contributed by atoms with E-state index in [0.717, 1.165) is 16.7 Å². The van der Waals surface area contributed by atoms with E-state index >= 15 is 0 Å². The van der Waals surface area contributed by atoms with Crippen molar-refractivity contribution < 1.29 is 4.79 Å². The van der Waals surface area contributed by atoms with E-state index in [2.05, 4.69) is 41.2 Å². The van der Waals surface area contributed by atoms with Gasteiger partial charge in [-0.3, -0.25) is 14.8 Å². The van der Waals surface area contributed by atoms with Crippen LogP contribution in [0, 0.1) is 5.41 Å². The van der Waals surface area contributed by atoms with E-state index in [1.807, 2.05) is 12.1 Å². The van der Waals surface area contributed by atoms with E-state index in [1.165, 1.54) is 7.05 Å². The molecule has 1 amide bonds. The number of carbonyl (C=O) groups excluding carboxylic acids is 1. The molecule has 0 radical (unpaired) electrons. The zero-order valence-electron chi connectivity index (χ0n) is 13.3. The third kappa shape index (κ3) is 4.03. The summed E-state index contributed by atoms with van der Waals surface area (Å²) in [5, 5.41) is 6.80. The predicted molar refractivity (Wildman–Crippen MR) is 82.3 cm³/mol. The highest BCUT2D eigenvalue weighted by atomic mass is 16.2. The lowest BCUT2D eigenvalue weighted by atomic mass is 9.86. The molecule has 1 unspecified atom stereocenters. The van der Waals surface area contributed by atoms with Crippen LogP contribution >= 0.6 is 0 Å². The van der Waals surface area contributed by atoms with Gasteiger partial charge in [-0.1, -0.05) is 26.8 Å². The number of aromatic amines is 1. The van der Waals surface area contributed by atoms with E-state index in [-0.39, 0.29) is 17.3 Å². The second-order valence-electron chi connectivity index (χ2n) is 6.48. The molecule has 2 rings (SSSR count). The van der Waals surface area contributed by atoms with Crippen LogP contribution in [0.3, 0.4) is 0 Å². The fourth-order valence-electron chi connectivity index (χ4n) is 2.18. The van der Waals surface area contributed by atoms with Gasteiger partial charge in [0.15, 0.2) is 0 Å². The van der Waals surface area contributed by atoms with E-state index in [1.54, 1.807) is 12.4 Å². The second kappa shape index (κ2) is 6.13. The minimum Gasteiger partial charge on any atom is -0.342 e. The quantitative estimate of drug-likeness (QED) is 0.893. The molecule has 0 fully saturated rings. The Balaban J connectivity index is 2.22. The third-order valence-corrected chi connectivity index (χ3v) is 3.19. The van der Waals surface area contributed by atoms with Gasteiger partial charge < -0.3 is 5.32 Å². The van der Waals surface area contributed by atoms with Crippen LogP contribution in [0.25, 0.3) is 0 Å². The van der Waals surface area contributed by atoms with Gasteiger partial charge in [-0.2, -0.15) is 0 Å². The smallest absolute Gasteiger partial charge is 0.342 e. The number of nitrogens with zero attached hydrogens (tertiary/aromatic N) is 3. The van der Waals surface area contributed by atoms with Crippen molar-refractivity contribution in [2.24, 2.45) is 12.5 Å². The number of carbonyl (C=O) groups is 1. The highest BCUT2D eigenvalue weighted by molar-refractivity contribution is 5.90. The molecule has 0 saturated carbocycles. The van der Waals surface area contributed by atoms with Crippen molar-refractivity contribution in [3.05, 3.63) is 46.4 Å². The SMILES string of the molecule is Cn1nc(C(=O)NC(CC(C)(C)C)c2cccnc2)[nH]c1=O. The average Bonchev–Trinajstić information content (AvgIpc) is 2.77. The van der Waals surface area contributed by atoms with Crippen molar-refractivity contribution in [1.29, 1.82) is 0 Å². The Labute approximate surface area is 128 Å². The second-order valence-corrected chi connectivity index (χ2v) is 6.48. The number of pyridine rings is 1. The third-order valence-electron chi connectivity index (χ3n) is 3.19. The van der Waals surface area contributed by atoms with Crippen LogP contribution in [-0.2, 0) is 7.05 Å². The van der Waals surface area contributed by atoms with Gasteiger partial charge in [-0.15, -0.1) is 5.10 Å². The summed E-state index contributed by atoms with van der Waals surface area (Å²) in [4.78, 5) is 30.2. The molecule has 22 heavy (non-hydrogen) atoms. The van der Waals surface area contributed by atoms with Gasteiger partial charge in [0.2, 0.25) is 5.82 Å². The Hall–Kier alpha value is -2.44. The van der Waals surface area contributed by atoms with Crippen molar-refractivity contribution in [2.75, 3.05) is 0 Å². The maximum atomic E-state index is 12.3. The number of hydrogen-bond acceptors (Lipinski definition) is 4. The predicted octanol–water partition coefficient (Wildman–Crippen LogP) is 1.41. The molecule has 7 nitrogen and oxygen atoms in total. The monoisotopic (exact) mass is 303 g/mol. The lowest BCUT2D eigenvalue weighted by Crippen LogP contribution is -2.32. The first-order chi connectivity index (χ1) is 10.3.